The van der Waals surface area contributed by atoms with Crippen LogP contribution in [0.4, 0.5) is 5.69 Å². The highest BCUT2D eigenvalue weighted by atomic mass is 35.5. The summed E-state index contributed by atoms with van der Waals surface area (Å²) in [4.78, 5) is 38.2. The maximum atomic E-state index is 13.0. The van der Waals surface area contributed by atoms with Crippen LogP contribution in [0.2, 0.25) is 5.02 Å². The predicted molar refractivity (Wildman–Crippen MR) is 128 cm³/mol. The first-order valence-electron chi connectivity index (χ1n) is 10.5. The van der Waals surface area contributed by atoms with Crippen molar-refractivity contribution >= 4 is 29.2 Å². The van der Waals surface area contributed by atoms with Gasteiger partial charge in [0.15, 0.2) is 6.10 Å². The number of anilines is 1. The molecule has 1 amide bonds. The molecule has 0 saturated carbocycles. The molecular formula is C25H22ClN3O5. The van der Waals surface area contributed by atoms with Crippen molar-refractivity contribution in [2.24, 2.45) is 7.05 Å². The van der Waals surface area contributed by atoms with Gasteiger partial charge in [0.05, 0.1) is 16.4 Å². The summed E-state index contributed by atoms with van der Waals surface area (Å²) in [5, 5.41) is 3.06. The van der Waals surface area contributed by atoms with Crippen LogP contribution in [0.25, 0.3) is 17.0 Å². The number of amides is 1. The zero-order valence-electron chi connectivity index (χ0n) is 18.7. The molecule has 1 unspecified atom stereocenters. The van der Waals surface area contributed by atoms with E-state index in [1.807, 2.05) is 18.2 Å². The summed E-state index contributed by atoms with van der Waals surface area (Å²) in [6, 6.07) is 19.2. The second kappa shape index (κ2) is 9.44. The number of carbonyl (C=O) groups is 2. The molecule has 2 heterocycles. The lowest BCUT2D eigenvalue weighted by Crippen LogP contribution is -2.32. The number of rotatable bonds is 6. The number of nitrogens with one attached hydrogen (secondary N) is 1. The number of esters is 1. The van der Waals surface area contributed by atoms with Crippen molar-refractivity contribution in [1.29, 1.82) is 0 Å². The molecule has 8 nitrogen and oxygen atoms in total. The zero-order chi connectivity index (χ0) is 24.4. The summed E-state index contributed by atoms with van der Waals surface area (Å²) in [6.45, 7) is 3.13. The normalized spacial score (nSPS) is 11.8. The lowest BCUT2D eigenvalue weighted by atomic mass is 10.2. The highest BCUT2D eigenvalue weighted by Crippen LogP contribution is 2.29. The summed E-state index contributed by atoms with van der Waals surface area (Å²) in [5.41, 5.74) is 1.55. The number of hydrogen-bond acceptors (Lipinski definition) is 5. The van der Waals surface area contributed by atoms with E-state index in [-0.39, 0.29) is 11.4 Å². The van der Waals surface area contributed by atoms with E-state index in [0.717, 1.165) is 0 Å². The van der Waals surface area contributed by atoms with E-state index in [1.165, 1.54) is 17.7 Å². The van der Waals surface area contributed by atoms with Crippen LogP contribution in [0.15, 0.2) is 75.9 Å². The number of furan rings is 1. The van der Waals surface area contributed by atoms with Gasteiger partial charge in [0.1, 0.15) is 11.4 Å². The number of carbonyl (C=O) groups excluding carboxylic acids is 2. The zero-order valence-corrected chi connectivity index (χ0v) is 19.5. The van der Waals surface area contributed by atoms with Gasteiger partial charge in [-0.3, -0.25) is 14.3 Å². The molecule has 0 aliphatic heterocycles. The van der Waals surface area contributed by atoms with Gasteiger partial charge in [-0.25, -0.2) is 9.48 Å². The van der Waals surface area contributed by atoms with Gasteiger partial charge in [-0.05, 0) is 50.2 Å². The molecule has 0 spiro atoms. The van der Waals surface area contributed by atoms with Crippen LogP contribution >= 0.6 is 11.6 Å². The third kappa shape index (κ3) is 4.40. The number of para-hydroxylation sites is 1. The third-order valence-electron chi connectivity index (χ3n) is 5.40. The van der Waals surface area contributed by atoms with E-state index in [2.05, 4.69) is 5.32 Å². The van der Waals surface area contributed by atoms with Gasteiger partial charge in [-0.2, -0.15) is 0 Å². The summed E-state index contributed by atoms with van der Waals surface area (Å²) < 4.78 is 13.9. The van der Waals surface area contributed by atoms with E-state index in [0.29, 0.717) is 27.7 Å². The van der Waals surface area contributed by atoms with E-state index in [1.54, 1.807) is 61.1 Å². The van der Waals surface area contributed by atoms with Crippen LogP contribution in [0.5, 0.6) is 0 Å². The van der Waals surface area contributed by atoms with Crippen LogP contribution in [0.3, 0.4) is 0 Å². The molecule has 9 heteroatoms. The van der Waals surface area contributed by atoms with E-state index in [4.69, 9.17) is 20.8 Å². The SMILES string of the molecule is Cc1c(NC(=O)C(C)OC(=O)c2ccc(-c3ccccc3Cl)o2)c(=O)n(-c2ccccc2)n1C. The maximum Gasteiger partial charge on any atom is 0.375 e. The van der Waals surface area contributed by atoms with Gasteiger partial charge < -0.3 is 14.5 Å². The Morgan fingerprint density at radius 2 is 1.71 bits per heavy atom. The second-order valence-electron chi connectivity index (χ2n) is 7.62. The van der Waals surface area contributed by atoms with Crippen molar-refractivity contribution in [2.75, 3.05) is 5.32 Å². The molecule has 2 aromatic heterocycles. The quantitative estimate of drug-likeness (QED) is 0.408. The fourth-order valence-electron chi connectivity index (χ4n) is 3.46. The number of halogens is 1. The summed E-state index contributed by atoms with van der Waals surface area (Å²) in [6.07, 6.45) is -1.18. The number of hydrogen-bond donors (Lipinski definition) is 1. The third-order valence-corrected chi connectivity index (χ3v) is 5.73. The van der Waals surface area contributed by atoms with Crippen LogP contribution in [0.1, 0.15) is 23.2 Å². The molecule has 4 aromatic rings. The molecule has 34 heavy (non-hydrogen) atoms. The highest BCUT2D eigenvalue weighted by molar-refractivity contribution is 6.33. The van der Waals surface area contributed by atoms with Crippen LogP contribution in [0, 0.1) is 6.92 Å². The average Bonchev–Trinajstić information content (AvgIpc) is 3.40. The van der Waals surface area contributed by atoms with Gasteiger partial charge in [-0.15, -0.1) is 0 Å². The number of nitrogens with zero attached hydrogens (tertiary/aromatic N) is 2. The molecule has 0 radical (unpaired) electrons. The minimum absolute atomic E-state index is 0.0723. The van der Waals surface area contributed by atoms with Crippen molar-refractivity contribution in [2.45, 2.75) is 20.0 Å². The molecule has 1 N–H and O–H groups in total. The Kier molecular flexibility index (Phi) is 6.43. The van der Waals surface area contributed by atoms with Crippen LogP contribution < -0.4 is 10.9 Å². The summed E-state index contributed by atoms with van der Waals surface area (Å²) in [7, 11) is 1.72. The van der Waals surface area contributed by atoms with Crippen molar-refractivity contribution in [3.63, 3.8) is 0 Å². The fourth-order valence-corrected chi connectivity index (χ4v) is 3.69. The smallest absolute Gasteiger partial charge is 0.375 e. The lowest BCUT2D eigenvalue weighted by Gasteiger charge is -2.12. The number of aromatic nitrogens is 2. The number of benzene rings is 2. The van der Waals surface area contributed by atoms with Gasteiger partial charge in [0.2, 0.25) is 5.76 Å². The number of ether oxygens (including phenoxy) is 1. The van der Waals surface area contributed by atoms with Crippen molar-refractivity contribution < 1.29 is 18.7 Å². The largest absolute Gasteiger partial charge is 0.449 e. The molecule has 4 rings (SSSR count). The average molecular weight is 480 g/mol. The summed E-state index contributed by atoms with van der Waals surface area (Å²) >= 11 is 6.17. The van der Waals surface area contributed by atoms with E-state index >= 15 is 0 Å². The Bertz CT molecular complexity index is 1420. The molecule has 0 aliphatic rings. The predicted octanol–water partition coefficient (Wildman–Crippen LogP) is 4.58. The first-order valence-corrected chi connectivity index (χ1v) is 10.9. The molecule has 0 aliphatic carbocycles. The maximum absolute atomic E-state index is 13.0. The molecule has 1 atom stereocenters. The monoisotopic (exact) mass is 479 g/mol. The van der Waals surface area contributed by atoms with Crippen molar-refractivity contribution in [3.05, 3.63) is 93.6 Å². The van der Waals surface area contributed by atoms with Gasteiger partial charge in [0.25, 0.3) is 11.5 Å². The lowest BCUT2D eigenvalue weighted by molar-refractivity contribution is -0.123. The molecule has 0 bridgehead atoms. The Balaban J connectivity index is 1.48. The molecule has 174 valence electrons. The Morgan fingerprint density at radius 3 is 2.41 bits per heavy atom. The van der Waals surface area contributed by atoms with E-state index < -0.39 is 23.5 Å². The topological polar surface area (TPSA) is 95.5 Å². The molecule has 0 saturated heterocycles. The standard InChI is InChI=1S/C25H22ClN3O5/c1-15-22(24(31)29(28(15)3)17-9-5-4-6-10-17)27-23(30)16(2)33-25(32)21-14-13-20(34-21)18-11-7-8-12-19(18)26/h4-14,16H,1-3H3,(H,27,30). The van der Waals surface area contributed by atoms with Crippen LogP contribution in [-0.2, 0) is 16.6 Å². The minimum atomic E-state index is -1.18. The molecule has 0 fully saturated rings. The Morgan fingerprint density at radius 1 is 1.03 bits per heavy atom. The minimum Gasteiger partial charge on any atom is -0.449 e. The molecular weight excluding hydrogens is 458 g/mol. The first kappa shape index (κ1) is 23.1. The second-order valence-corrected chi connectivity index (χ2v) is 8.02. The summed E-state index contributed by atoms with van der Waals surface area (Å²) in [5.74, 6) is -1.13. The van der Waals surface area contributed by atoms with Crippen molar-refractivity contribution in [3.8, 4) is 17.0 Å². The highest BCUT2D eigenvalue weighted by Gasteiger charge is 2.25. The van der Waals surface area contributed by atoms with Gasteiger partial charge in [0, 0.05) is 12.6 Å². The fraction of sp³-hybridized carbons (Fsp3) is 0.160. The first-order chi connectivity index (χ1) is 16.3. The van der Waals surface area contributed by atoms with Gasteiger partial charge >= 0.3 is 5.97 Å². The molecule has 2 aromatic carbocycles. The van der Waals surface area contributed by atoms with Crippen molar-refractivity contribution in [1.82, 2.24) is 9.36 Å². The van der Waals surface area contributed by atoms with E-state index in [9.17, 15) is 14.4 Å². The Hall–Kier alpha value is -4.04. The van der Waals surface area contributed by atoms with Gasteiger partial charge in [-0.1, -0.05) is 41.9 Å². The van der Waals surface area contributed by atoms with Crippen LogP contribution in [-0.4, -0.2) is 27.3 Å². The Labute approximate surface area is 200 Å².